The lowest BCUT2D eigenvalue weighted by Gasteiger charge is -2.09. The summed E-state index contributed by atoms with van der Waals surface area (Å²) in [6.07, 6.45) is 2.84. The maximum absolute atomic E-state index is 5.39. The SMILES string of the molecule is CCc1cccnc1CNCc1c(C)nn(C)c1OC. The Morgan fingerprint density at radius 3 is 2.85 bits per heavy atom. The first-order chi connectivity index (χ1) is 9.67. The molecular weight excluding hydrogens is 252 g/mol. The maximum atomic E-state index is 5.39. The molecule has 0 atom stereocenters. The molecule has 108 valence electrons. The molecule has 0 radical (unpaired) electrons. The summed E-state index contributed by atoms with van der Waals surface area (Å²) in [6, 6.07) is 4.11. The van der Waals surface area contributed by atoms with Gasteiger partial charge in [0.15, 0.2) is 0 Å². The number of pyridine rings is 1. The van der Waals surface area contributed by atoms with Gasteiger partial charge in [0.2, 0.25) is 5.88 Å². The smallest absolute Gasteiger partial charge is 0.216 e. The molecule has 0 aromatic carbocycles. The number of hydrogen-bond acceptors (Lipinski definition) is 4. The molecule has 2 aromatic heterocycles. The van der Waals surface area contributed by atoms with E-state index in [4.69, 9.17) is 4.74 Å². The third-order valence-electron chi connectivity index (χ3n) is 3.44. The van der Waals surface area contributed by atoms with Gasteiger partial charge in [0.25, 0.3) is 0 Å². The molecule has 2 rings (SSSR count). The Bertz CT molecular complexity index is 577. The standard InChI is InChI=1S/C15H22N4O/c1-5-12-7-6-8-17-14(12)10-16-9-13-11(2)18-19(3)15(13)20-4/h6-8,16H,5,9-10H2,1-4H3. The second-order valence-corrected chi connectivity index (χ2v) is 4.76. The average molecular weight is 274 g/mol. The highest BCUT2D eigenvalue weighted by molar-refractivity contribution is 5.30. The van der Waals surface area contributed by atoms with E-state index in [1.165, 1.54) is 5.56 Å². The van der Waals surface area contributed by atoms with E-state index in [0.29, 0.717) is 0 Å². The van der Waals surface area contributed by atoms with Crippen LogP contribution in [0.4, 0.5) is 0 Å². The average Bonchev–Trinajstić information content (AvgIpc) is 2.73. The van der Waals surface area contributed by atoms with E-state index in [-0.39, 0.29) is 0 Å². The molecule has 20 heavy (non-hydrogen) atoms. The minimum Gasteiger partial charge on any atom is -0.481 e. The van der Waals surface area contributed by atoms with Crippen molar-refractivity contribution in [2.24, 2.45) is 7.05 Å². The molecule has 5 heteroatoms. The summed E-state index contributed by atoms with van der Waals surface area (Å²) in [6.45, 7) is 5.62. The summed E-state index contributed by atoms with van der Waals surface area (Å²) in [5.41, 5.74) is 4.49. The summed E-state index contributed by atoms with van der Waals surface area (Å²) < 4.78 is 7.16. The normalized spacial score (nSPS) is 10.8. The third-order valence-corrected chi connectivity index (χ3v) is 3.44. The van der Waals surface area contributed by atoms with Gasteiger partial charge in [-0.25, -0.2) is 4.68 Å². The fourth-order valence-corrected chi connectivity index (χ4v) is 2.40. The van der Waals surface area contributed by atoms with E-state index in [1.807, 2.05) is 26.2 Å². The van der Waals surface area contributed by atoms with Gasteiger partial charge in [-0.15, -0.1) is 0 Å². The van der Waals surface area contributed by atoms with Crippen LogP contribution in [0.25, 0.3) is 0 Å². The molecule has 1 N–H and O–H groups in total. The fourth-order valence-electron chi connectivity index (χ4n) is 2.40. The largest absolute Gasteiger partial charge is 0.481 e. The van der Waals surface area contributed by atoms with Crippen LogP contribution in [0.2, 0.25) is 0 Å². The van der Waals surface area contributed by atoms with Gasteiger partial charge >= 0.3 is 0 Å². The van der Waals surface area contributed by atoms with Crippen molar-refractivity contribution >= 4 is 0 Å². The second-order valence-electron chi connectivity index (χ2n) is 4.76. The topological polar surface area (TPSA) is 52.0 Å². The van der Waals surface area contributed by atoms with Crippen LogP contribution in [0.3, 0.4) is 0 Å². The van der Waals surface area contributed by atoms with Crippen LogP contribution in [0.1, 0.15) is 29.4 Å². The summed E-state index contributed by atoms with van der Waals surface area (Å²) in [5.74, 6) is 0.812. The van der Waals surface area contributed by atoms with Gasteiger partial charge in [-0.1, -0.05) is 13.0 Å². The van der Waals surface area contributed by atoms with Gasteiger partial charge in [0.05, 0.1) is 24.1 Å². The summed E-state index contributed by atoms with van der Waals surface area (Å²) in [4.78, 5) is 4.44. The molecule has 0 aliphatic rings. The molecular formula is C15H22N4O. The van der Waals surface area contributed by atoms with E-state index in [2.05, 4.69) is 28.4 Å². The number of nitrogens with one attached hydrogen (secondary N) is 1. The van der Waals surface area contributed by atoms with Crippen LogP contribution in [0, 0.1) is 6.92 Å². The number of aromatic nitrogens is 3. The minimum atomic E-state index is 0.725. The first kappa shape index (κ1) is 14.5. The number of methoxy groups -OCH3 is 1. The molecule has 0 fully saturated rings. The van der Waals surface area contributed by atoms with Crippen LogP contribution >= 0.6 is 0 Å². The van der Waals surface area contributed by atoms with E-state index >= 15 is 0 Å². The van der Waals surface area contributed by atoms with Crippen molar-refractivity contribution in [2.75, 3.05) is 7.11 Å². The Morgan fingerprint density at radius 1 is 1.35 bits per heavy atom. The fraction of sp³-hybridized carbons (Fsp3) is 0.467. The van der Waals surface area contributed by atoms with Crippen molar-refractivity contribution in [1.29, 1.82) is 0 Å². The van der Waals surface area contributed by atoms with Gasteiger partial charge in [0.1, 0.15) is 0 Å². The Labute approximate surface area is 120 Å². The lowest BCUT2D eigenvalue weighted by molar-refractivity contribution is 0.368. The highest BCUT2D eigenvalue weighted by Gasteiger charge is 2.13. The predicted octanol–water partition coefficient (Wildman–Crippen LogP) is 1.98. The first-order valence-corrected chi connectivity index (χ1v) is 6.87. The highest BCUT2D eigenvalue weighted by atomic mass is 16.5. The number of aryl methyl sites for hydroxylation is 3. The Balaban J connectivity index is 2.03. The van der Waals surface area contributed by atoms with Crippen LogP contribution in [0.15, 0.2) is 18.3 Å². The summed E-state index contributed by atoms with van der Waals surface area (Å²) in [7, 11) is 3.57. The molecule has 0 spiro atoms. The molecule has 0 bridgehead atoms. The molecule has 0 unspecified atom stereocenters. The lowest BCUT2D eigenvalue weighted by atomic mass is 10.1. The van der Waals surface area contributed by atoms with E-state index in [1.54, 1.807) is 11.8 Å². The van der Waals surface area contributed by atoms with Crippen LogP contribution in [-0.2, 0) is 26.6 Å². The summed E-state index contributed by atoms with van der Waals surface area (Å²) >= 11 is 0. The van der Waals surface area contributed by atoms with E-state index < -0.39 is 0 Å². The van der Waals surface area contributed by atoms with Crippen molar-refractivity contribution < 1.29 is 4.74 Å². The lowest BCUT2D eigenvalue weighted by Crippen LogP contribution is -2.16. The van der Waals surface area contributed by atoms with Crippen molar-refractivity contribution in [2.45, 2.75) is 33.4 Å². The van der Waals surface area contributed by atoms with E-state index in [9.17, 15) is 0 Å². The minimum absolute atomic E-state index is 0.725. The number of rotatable bonds is 6. The Morgan fingerprint density at radius 2 is 2.15 bits per heavy atom. The molecule has 0 aliphatic heterocycles. The zero-order chi connectivity index (χ0) is 14.5. The monoisotopic (exact) mass is 274 g/mol. The predicted molar refractivity (Wildman–Crippen MR) is 78.7 cm³/mol. The van der Waals surface area contributed by atoms with Gasteiger partial charge in [-0.05, 0) is 25.0 Å². The van der Waals surface area contributed by atoms with Gasteiger partial charge in [-0.3, -0.25) is 4.98 Å². The quantitative estimate of drug-likeness (QED) is 0.875. The second kappa shape index (κ2) is 6.52. The van der Waals surface area contributed by atoms with Gasteiger partial charge in [-0.2, -0.15) is 5.10 Å². The van der Waals surface area contributed by atoms with E-state index in [0.717, 1.165) is 42.3 Å². The summed E-state index contributed by atoms with van der Waals surface area (Å²) in [5, 5.41) is 7.80. The number of hydrogen-bond donors (Lipinski definition) is 1. The molecule has 5 nitrogen and oxygen atoms in total. The van der Waals surface area contributed by atoms with Crippen molar-refractivity contribution in [3.05, 3.63) is 40.8 Å². The Hall–Kier alpha value is -1.88. The molecule has 2 heterocycles. The van der Waals surface area contributed by atoms with Crippen LogP contribution < -0.4 is 10.1 Å². The molecule has 0 amide bonds. The molecule has 0 aliphatic carbocycles. The molecule has 2 aromatic rings. The van der Waals surface area contributed by atoms with Crippen molar-refractivity contribution in [1.82, 2.24) is 20.1 Å². The first-order valence-electron chi connectivity index (χ1n) is 6.87. The van der Waals surface area contributed by atoms with Crippen molar-refractivity contribution in [3.63, 3.8) is 0 Å². The third kappa shape index (κ3) is 2.99. The zero-order valence-corrected chi connectivity index (χ0v) is 12.6. The van der Waals surface area contributed by atoms with Crippen molar-refractivity contribution in [3.8, 4) is 5.88 Å². The zero-order valence-electron chi connectivity index (χ0n) is 12.6. The highest BCUT2D eigenvalue weighted by Crippen LogP contribution is 2.20. The van der Waals surface area contributed by atoms with Gasteiger partial charge in [0, 0.05) is 26.3 Å². The van der Waals surface area contributed by atoms with Crippen LogP contribution in [-0.4, -0.2) is 21.9 Å². The number of nitrogens with zero attached hydrogens (tertiary/aromatic N) is 3. The van der Waals surface area contributed by atoms with Gasteiger partial charge < -0.3 is 10.1 Å². The maximum Gasteiger partial charge on any atom is 0.216 e. The Kier molecular flexibility index (Phi) is 4.74. The molecule has 0 saturated heterocycles. The number of ether oxygens (including phenoxy) is 1. The molecule has 0 saturated carbocycles. The van der Waals surface area contributed by atoms with Crippen LogP contribution in [0.5, 0.6) is 5.88 Å².